The van der Waals surface area contributed by atoms with Gasteiger partial charge in [0.1, 0.15) is 4.90 Å². The molecule has 1 aromatic rings. The average Bonchev–Trinajstić information content (AvgIpc) is 2.38. The van der Waals surface area contributed by atoms with Crippen LogP contribution in [0.3, 0.4) is 0 Å². The Hall–Kier alpha value is -1.26. The summed E-state index contributed by atoms with van der Waals surface area (Å²) in [5.74, 6) is 0.0286. The van der Waals surface area contributed by atoms with Gasteiger partial charge in [-0.05, 0) is 13.8 Å². The molecule has 118 valence electrons. The molecule has 0 saturated carbocycles. The van der Waals surface area contributed by atoms with Crippen LogP contribution in [0.4, 0.5) is 5.95 Å². The molecule has 1 aliphatic rings. The SMILES string of the molecule is CCNc1ncc(S(=O)(=O)N2CCS(=O)(=O)CC2C)cn1. The maximum atomic E-state index is 12.5. The van der Waals surface area contributed by atoms with Crippen LogP contribution in [0.2, 0.25) is 0 Å². The van der Waals surface area contributed by atoms with Crippen LogP contribution in [-0.2, 0) is 19.9 Å². The van der Waals surface area contributed by atoms with Gasteiger partial charge in [0, 0.05) is 19.1 Å². The van der Waals surface area contributed by atoms with Gasteiger partial charge < -0.3 is 5.32 Å². The molecule has 0 spiro atoms. The van der Waals surface area contributed by atoms with Crippen LogP contribution in [0.25, 0.3) is 0 Å². The second kappa shape index (κ2) is 5.85. The molecule has 8 nitrogen and oxygen atoms in total. The summed E-state index contributed by atoms with van der Waals surface area (Å²) < 4.78 is 49.3. The molecule has 1 N–H and O–H groups in total. The number of sulfone groups is 1. The highest BCUT2D eigenvalue weighted by Crippen LogP contribution is 2.21. The summed E-state index contributed by atoms with van der Waals surface area (Å²) >= 11 is 0. The number of hydrogen-bond acceptors (Lipinski definition) is 7. The minimum absolute atomic E-state index is 0.0321. The molecule has 21 heavy (non-hydrogen) atoms. The van der Waals surface area contributed by atoms with E-state index in [9.17, 15) is 16.8 Å². The van der Waals surface area contributed by atoms with Gasteiger partial charge >= 0.3 is 0 Å². The van der Waals surface area contributed by atoms with E-state index in [4.69, 9.17) is 0 Å². The highest BCUT2D eigenvalue weighted by Gasteiger charge is 2.36. The van der Waals surface area contributed by atoms with Gasteiger partial charge in [0.15, 0.2) is 9.84 Å². The zero-order valence-corrected chi connectivity index (χ0v) is 13.5. The molecule has 0 bridgehead atoms. The second-order valence-corrected chi connectivity index (χ2v) is 8.97. The molecule has 2 heterocycles. The molecule has 1 atom stereocenters. The maximum absolute atomic E-state index is 12.5. The molecule has 0 aliphatic carbocycles. The normalized spacial score (nSPS) is 22.9. The van der Waals surface area contributed by atoms with Gasteiger partial charge in [-0.15, -0.1) is 0 Å². The number of nitrogens with zero attached hydrogens (tertiary/aromatic N) is 3. The third-order valence-corrected chi connectivity index (χ3v) is 6.94. The number of aromatic nitrogens is 2. The Labute approximate surface area is 124 Å². The van der Waals surface area contributed by atoms with E-state index in [0.29, 0.717) is 12.5 Å². The zero-order chi connectivity index (χ0) is 15.7. The van der Waals surface area contributed by atoms with E-state index in [-0.39, 0.29) is 22.9 Å². The molecule has 1 saturated heterocycles. The lowest BCUT2D eigenvalue weighted by Gasteiger charge is -2.31. The third kappa shape index (κ3) is 3.50. The van der Waals surface area contributed by atoms with Gasteiger partial charge in [-0.3, -0.25) is 0 Å². The van der Waals surface area contributed by atoms with Crippen LogP contribution < -0.4 is 5.32 Å². The third-order valence-electron chi connectivity index (χ3n) is 3.18. The van der Waals surface area contributed by atoms with Crippen molar-refractivity contribution >= 4 is 25.8 Å². The van der Waals surface area contributed by atoms with Gasteiger partial charge in [-0.25, -0.2) is 26.8 Å². The van der Waals surface area contributed by atoms with Crippen LogP contribution in [-0.4, -0.2) is 61.7 Å². The van der Waals surface area contributed by atoms with Crippen LogP contribution in [0.5, 0.6) is 0 Å². The summed E-state index contributed by atoms with van der Waals surface area (Å²) in [5.41, 5.74) is 0. The minimum Gasteiger partial charge on any atom is -0.355 e. The summed E-state index contributed by atoms with van der Waals surface area (Å²) in [4.78, 5) is 7.84. The molecule has 1 aliphatic heterocycles. The first-order chi connectivity index (χ1) is 9.76. The largest absolute Gasteiger partial charge is 0.355 e. The quantitative estimate of drug-likeness (QED) is 0.806. The Bertz CT molecular complexity index is 700. The highest BCUT2D eigenvalue weighted by atomic mass is 32.2. The fourth-order valence-electron chi connectivity index (χ4n) is 2.17. The number of sulfonamides is 1. The van der Waals surface area contributed by atoms with Crippen molar-refractivity contribution in [3.05, 3.63) is 12.4 Å². The molecule has 2 rings (SSSR count). The van der Waals surface area contributed by atoms with E-state index >= 15 is 0 Å². The van der Waals surface area contributed by atoms with Crippen molar-refractivity contribution in [1.29, 1.82) is 0 Å². The molecular formula is C11H18N4O4S2. The van der Waals surface area contributed by atoms with Crippen molar-refractivity contribution in [2.24, 2.45) is 0 Å². The average molecular weight is 334 g/mol. The van der Waals surface area contributed by atoms with E-state index in [1.54, 1.807) is 6.92 Å². The molecule has 1 unspecified atom stereocenters. The maximum Gasteiger partial charge on any atom is 0.246 e. The molecule has 10 heteroatoms. The fourth-order valence-corrected chi connectivity index (χ4v) is 5.46. The zero-order valence-electron chi connectivity index (χ0n) is 11.9. The monoisotopic (exact) mass is 334 g/mol. The number of hydrogen-bond donors (Lipinski definition) is 1. The van der Waals surface area contributed by atoms with E-state index in [1.807, 2.05) is 6.92 Å². The van der Waals surface area contributed by atoms with Crippen molar-refractivity contribution in [3.8, 4) is 0 Å². The molecule has 1 aromatic heterocycles. The topological polar surface area (TPSA) is 109 Å². The summed E-state index contributed by atoms with van der Waals surface area (Å²) in [5, 5.41) is 2.88. The van der Waals surface area contributed by atoms with Crippen LogP contribution in [0.15, 0.2) is 17.3 Å². The first-order valence-electron chi connectivity index (χ1n) is 6.54. The van der Waals surface area contributed by atoms with Gasteiger partial charge in [0.25, 0.3) is 0 Å². The molecule has 1 fully saturated rings. The predicted molar refractivity (Wildman–Crippen MR) is 78.2 cm³/mol. The summed E-state index contributed by atoms with van der Waals surface area (Å²) in [6.45, 7) is 4.06. The van der Waals surface area contributed by atoms with Crippen molar-refractivity contribution < 1.29 is 16.8 Å². The molecule has 0 radical (unpaired) electrons. The predicted octanol–water partition coefficient (Wildman–Crippen LogP) is -0.284. The van der Waals surface area contributed by atoms with Crippen LogP contribution in [0.1, 0.15) is 13.8 Å². The Morgan fingerprint density at radius 1 is 1.38 bits per heavy atom. The Kier molecular flexibility index (Phi) is 4.49. The Balaban J connectivity index is 2.25. The number of anilines is 1. The van der Waals surface area contributed by atoms with E-state index < -0.39 is 25.9 Å². The summed E-state index contributed by atoms with van der Waals surface area (Å²) in [6, 6.07) is -0.595. The van der Waals surface area contributed by atoms with E-state index in [2.05, 4.69) is 15.3 Å². The highest BCUT2D eigenvalue weighted by molar-refractivity contribution is 7.92. The lowest BCUT2D eigenvalue weighted by Crippen LogP contribution is -2.49. The second-order valence-electron chi connectivity index (χ2n) is 4.85. The van der Waals surface area contributed by atoms with E-state index in [0.717, 1.165) is 0 Å². The first-order valence-corrected chi connectivity index (χ1v) is 9.80. The first kappa shape index (κ1) is 16.1. The minimum atomic E-state index is -3.78. The number of nitrogens with one attached hydrogen (secondary N) is 1. The van der Waals surface area contributed by atoms with Crippen molar-refractivity contribution in [1.82, 2.24) is 14.3 Å². The van der Waals surface area contributed by atoms with Gasteiger partial charge in [-0.1, -0.05) is 0 Å². The standard InChI is InChI=1S/C11H18N4O4S2/c1-3-12-11-13-6-10(7-14-11)21(18,19)15-4-5-20(16,17)8-9(15)2/h6-7,9H,3-5,8H2,1-2H3,(H,12,13,14). The van der Waals surface area contributed by atoms with Crippen molar-refractivity contribution in [2.75, 3.05) is 29.9 Å². The lowest BCUT2D eigenvalue weighted by atomic mass is 10.4. The van der Waals surface area contributed by atoms with Crippen molar-refractivity contribution in [2.45, 2.75) is 24.8 Å². The number of rotatable bonds is 4. The molecular weight excluding hydrogens is 316 g/mol. The summed E-state index contributed by atoms with van der Waals surface area (Å²) in [6.07, 6.45) is 2.46. The fraction of sp³-hybridized carbons (Fsp3) is 0.636. The Morgan fingerprint density at radius 2 is 2.00 bits per heavy atom. The van der Waals surface area contributed by atoms with Crippen molar-refractivity contribution in [3.63, 3.8) is 0 Å². The summed E-state index contributed by atoms with van der Waals surface area (Å²) in [7, 11) is -6.95. The molecule has 0 amide bonds. The smallest absolute Gasteiger partial charge is 0.246 e. The molecule has 0 aromatic carbocycles. The van der Waals surface area contributed by atoms with Crippen LogP contribution in [0, 0.1) is 0 Å². The van der Waals surface area contributed by atoms with Gasteiger partial charge in [-0.2, -0.15) is 4.31 Å². The van der Waals surface area contributed by atoms with Gasteiger partial charge in [0.2, 0.25) is 16.0 Å². The lowest BCUT2D eigenvalue weighted by molar-refractivity contribution is 0.356. The Morgan fingerprint density at radius 3 is 2.52 bits per heavy atom. The van der Waals surface area contributed by atoms with E-state index in [1.165, 1.54) is 16.7 Å². The van der Waals surface area contributed by atoms with Gasteiger partial charge in [0.05, 0.1) is 23.9 Å². The van der Waals surface area contributed by atoms with Crippen LogP contribution >= 0.6 is 0 Å².